The number of amides is 1. The van der Waals surface area contributed by atoms with Gasteiger partial charge in [-0.3, -0.25) is 9.69 Å². The van der Waals surface area contributed by atoms with E-state index < -0.39 is 34.9 Å². The molecule has 2 saturated heterocycles. The van der Waals surface area contributed by atoms with Crippen molar-refractivity contribution in [2.75, 3.05) is 38.6 Å². The zero-order chi connectivity index (χ0) is 30.4. The number of methoxy groups -OCH3 is 1. The van der Waals surface area contributed by atoms with E-state index in [2.05, 4.69) is 15.3 Å². The average Bonchev–Trinajstić information content (AvgIpc) is 2.91. The van der Waals surface area contributed by atoms with Gasteiger partial charge in [-0.05, 0) is 46.6 Å². The fraction of sp³-hybridized carbons (Fsp3) is 0.548. The molecule has 1 N–H and O–H groups in total. The van der Waals surface area contributed by atoms with Crippen molar-refractivity contribution in [3.8, 4) is 0 Å². The Balaban J connectivity index is 1.44. The summed E-state index contributed by atoms with van der Waals surface area (Å²) < 4.78 is 52.6. The summed E-state index contributed by atoms with van der Waals surface area (Å²) in [5.41, 5.74) is 0.988. The maximum atomic E-state index is 15.7. The first-order chi connectivity index (χ1) is 19.9. The van der Waals surface area contributed by atoms with Gasteiger partial charge in [0.1, 0.15) is 18.0 Å². The number of pyridine rings is 1. The third kappa shape index (κ3) is 5.32. The van der Waals surface area contributed by atoms with E-state index in [0.717, 1.165) is 11.3 Å². The van der Waals surface area contributed by atoms with Gasteiger partial charge in [0, 0.05) is 63.1 Å². The van der Waals surface area contributed by atoms with E-state index in [0.29, 0.717) is 42.8 Å². The molecule has 1 amide bonds. The fourth-order valence-corrected chi connectivity index (χ4v) is 6.23. The fourth-order valence-electron chi connectivity index (χ4n) is 6.23. The number of rotatable bonds is 8. The summed E-state index contributed by atoms with van der Waals surface area (Å²) in [4.78, 5) is 29.1. The van der Waals surface area contributed by atoms with E-state index in [1.54, 1.807) is 25.9 Å². The number of anilines is 1. The van der Waals surface area contributed by atoms with E-state index in [4.69, 9.17) is 9.72 Å². The molecule has 2 fully saturated rings. The minimum atomic E-state index is -3.28. The molecule has 0 saturated carbocycles. The van der Waals surface area contributed by atoms with Crippen LogP contribution in [-0.4, -0.2) is 70.0 Å². The molecule has 0 bridgehead atoms. The van der Waals surface area contributed by atoms with Crippen LogP contribution >= 0.6 is 0 Å². The number of nitrogens with zero attached hydrogens (tertiary/aromatic N) is 5. The van der Waals surface area contributed by atoms with Crippen LogP contribution in [0.1, 0.15) is 69.0 Å². The van der Waals surface area contributed by atoms with Gasteiger partial charge in [0.05, 0.1) is 28.5 Å². The zero-order valence-electron chi connectivity index (χ0n) is 25.0. The molecule has 1 atom stereocenters. The topological polar surface area (TPSA) is 83.5 Å². The van der Waals surface area contributed by atoms with E-state index in [1.807, 2.05) is 31.7 Å². The normalized spacial score (nSPS) is 18.8. The van der Waals surface area contributed by atoms with E-state index in [1.165, 1.54) is 24.5 Å². The number of hydrogen-bond acceptors (Lipinski definition) is 7. The number of aromatic nitrogens is 3. The molecule has 0 aliphatic carbocycles. The lowest BCUT2D eigenvalue weighted by Crippen LogP contribution is -2.56. The lowest BCUT2D eigenvalue weighted by atomic mass is 9.83. The van der Waals surface area contributed by atoms with Crippen LogP contribution in [0.15, 0.2) is 30.6 Å². The highest BCUT2D eigenvalue weighted by atomic mass is 19.3. The van der Waals surface area contributed by atoms with Crippen molar-refractivity contribution in [1.82, 2.24) is 24.8 Å². The number of fused-ring (bicyclic) bond motifs is 1. The molecule has 5 rings (SSSR count). The molecule has 2 aliphatic heterocycles. The first-order valence-corrected chi connectivity index (χ1v) is 14.5. The largest absolute Gasteiger partial charge is 0.373 e. The molecule has 226 valence electrons. The third-order valence-electron chi connectivity index (χ3n) is 9.07. The maximum absolute atomic E-state index is 15.7. The molecule has 3 aromatic rings. The monoisotopic (exact) mass is 584 g/mol. The summed E-state index contributed by atoms with van der Waals surface area (Å²) in [5.74, 6) is -4.68. The van der Waals surface area contributed by atoms with Crippen LogP contribution < -0.4 is 5.32 Å². The zero-order valence-corrected chi connectivity index (χ0v) is 25.0. The van der Waals surface area contributed by atoms with Crippen LogP contribution in [0.25, 0.3) is 11.0 Å². The predicted molar refractivity (Wildman–Crippen MR) is 155 cm³/mol. The Bertz CT molecular complexity index is 1470. The minimum absolute atomic E-state index is 0.0289. The van der Waals surface area contributed by atoms with Crippen molar-refractivity contribution in [2.45, 2.75) is 71.1 Å². The third-order valence-corrected chi connectivity index (χ3v) is 9.07. The van der Waals surface area contributed by atoms with Crippen LogP contribution in [0.4, 0.5) is 19.0 Å². The highest BCUT2D eigenvalue weighted by molar-refractivity contribution is 5.87. The second-order valence-electron chi connectivity index (χ2n) is 11.9. The van der Waals surface area contributed by atoms with Crippen molar-refractivity contribution in [3.05, 3.63) is 58.8 Å². The molecule has 1 aromatic carbocycles. The Hall–Kier alpha value is -3.31. The second-order valence-corrected chi connectivity index (χ2v) is 11.9. The highest BCUT2D eigenvalue weighted by Crippen LogP contribution is 2.44. The van der Waals surface area contributed by atoms with Crippen molar-refractivity contribution in [2.24, 2.45) is 5.92 Å². The molecule has 0 radical (unpaired) electrons. The van der Waals surface area contributed by atoms with Crippen molar-refractivity contribution >= 4 is 22.8 Å². The van der Waals surface area contributed by atoms with Crippen LogP contribution in [0.2, 0.25) is 0 Å². The summed E-state index contributed by atoms with van der Waals surface area (Å²) >= 11 is 0. The Kier molecular flexibility index (Phi) is 8.19. The smallest absolute Gasteiger partial charge is 0.281 e. The number of alkyl halides is 2. The molecule has 8 nitrogen and oxygen atoms in total. The van der Waals surface area contributed by atoms with Gasteiger partial charge < -0.3 is 15.0 Å². The van der Waals surface area contributed by atoms with Crippen LogP contribution in [-0.2, 0) is 21.1 Å². The van der Waals surface area contributed by atoms with Crippen molar-refractivity contribution in [3.63, 3.8) is 0 Å². The first kappa shape index (κ1) is 30.2. The number of likely N-dealkylation sites (tertiary alicyclic amines) is 2. The van der Waals surface area contributed by atoms with Gasteiger partial charge in [-0.2, -0.15) is 0 Å². The number of nitrogens with one attached hydrogen (secondary N) is 1. The Labute approximate surface area is 244 Å². The van der Waals surface area contributed by atoms with Gasteiger partial charge >= 0.3 is 0 Å². The lowest BCUT2D eigenvalue weighted by Gasteiger charge is -2.45. The number of aryl methyl sites for hydroxylation is 1. The second kappa shape index (κ2) is 11.4. The number of ether oxygens (including phenoxy) is 1. The quantitative estimate of drug-likeness (QED) is 0.371. The standard InChI is InChI=1S/C31H39F3N6O2/c1-18(2)40-15-22(16-40)31(33,34)25-9-7-8-23(27(25)32)19(3)37-28-24-14-26(20(4)38-29(24)36-17-35-28)30(42-6)10-12-39(13-11-30)21(5)41/h7-9,14,17-19,22H,10-13,15-16H2,1-6H3,(H,35,36,37,38)/t19-/m1/s1. The Morgan fingerprint density at radius 1 is 1.17 bits per heavy atom. The van der Waals surface area contributed by atoms with Gasteiger partial charge in [-0.25, -0.2) is 28.1 Å². The summed E-state index contributed by atoms with van der Waals surface area (Å²) in [7, 11) is 1.66. The Morgan fingerprint density at radius 3 is 2.48 bits per heavy atom. The summed E-state index contributed by atoms with van der Waals surface area (Å²) in [6, 6.07) is 5.63. The number of hydrogen-bond donors (Lipinski definition) is 1. The first-order valence-electron chi connectivity index (χ1n) is 14.5. The lowest BCUT2D eigenvalue weighted by molar-refractivity contribution is -0.135. The SMILES string of the molecule is COC1(c2cc3c(N[C@H](C)c4cccc(C(F)(F)C5CN(C(C)C)C5)c4F)ncnc3nc2C)CCN(C(C)=O)CC1. The van der Waals surface area contributed by atoms with Crippen LogP contribution in [0.5, 0.6) is 0 Å². The highest BCUT2D eigenvalue weighted by Gasteiger charge is 2.50. The molecule has 42 heavy (non-hydrogen) atoms. The van der Waals surface area contributed by atoms with Crippen LogP contribution in [0, 0.1) is 18.7 Å². The van der Waals surface area contributed by atoms with Gasteiger partial charge in [0.15, 0.2) is 5.65 Å². The van der Waals surface area contributed by atoms with Crippen molar-refractivity contribution < 1.29 is 22.7 Å². The molecular weight excluding hydrogens is 545 g/mol. The number of carbonyl (C=O) groups is 1. The maximum Gasteiger partial charge on any atom is 0.281 e. The van der Waals surface area contributed by atoms with Gasteiger partial charge in [-0.1, -0.05) is 18.2 Å². The number of halogens is 3. The number of piperidine rings is 1. The summed E-state index contributed by atoms with van der Waals surface area (Å²) in [6.07, 6.45) is 2.58. The van der Waals surface area contributed by atoms with Gasteiger partial charge in [-0.15, -0.1) is 0 Å². The van der Waals surface area contributed by atoms with Gasteiger partial charge in [0.25, 0.3) is 5.92 Å². The van der Waals surface area contributed by atoms with Crippen LogP contribution in [0.3, 0.4) is 0 Å². The molecule has 0 spiro atoms. The number of carbonyl (C=O) groups excluding carboxylic acids is 1. The predicted octanol–water partition coefficient (Wildman–Crippen LogP) is 5.56. The molecular formula is C31H39F3N6O2. The van der Waals surface area contributed by atoms with Gasteiger partial charge in [0.2, 0.25) is 5.91 Å². The Morgan fingerprint density at radius 2 is 1.86 bits per heavy atom. The summed E-state index contributed by atoms with van der Waals surface area (Å²) in [5, 5.41) is 3.84. The van der Waals surface area contributed by atoms with Crippen molar-refractivity contribution in [1.29, 1.82) is 0 Å². The molecule has 4 heterocycles. The number of benzene rings is 1. The molecule has 2 aliphatic rings. The molecule has 2 aromatic heterocycles. The minimum Gasteiger partial charge on any atom is -0.373 e. The average molecular weight is 585 g/mol. The summed E-state index contributed by atoms with van der Waals surface area (Å²) in [6.45, 7) is 10.7. The van der Waals surface area contributed by atoms with E-state index in [9.17, 15) is 4.79 Å². The van der Waals surface area contributed by atoms with E-state index in [-0.39, 0.29) is 30.6 Å². The molecule has 11 heteroatoms. The van der Waals surface area contributed by atoms with E-state index >= 15 is 13.2 Å². The molecule has 0 unspecified atom stereocenters.